The van der Waals surface area contributed by atoms with E-state index in [1.807, 2.05) is 79.7 Å². The van der Waals surface area contributed by atoms with Crippen molar-refractivity contribution < 1.29 is 9.21 Å². The van der Waals surface area contributed by atoms with Crippen molar-refractivity contribution in [3.05, 3.63) is 84.1 Å². The molecule has 3 nitrogen and oxygen atoms in total. The Morgan fingerprint density at radius 2 is 1.62 bits per heavy atom. The first kappa shape index (κ1) is 16.1. The van der Waals surface area contributed by atoms with Crippen LogP contribution in [0.4, 0.5) is 0 Å². The molecule has 0 radical (unpaired) electrons. The van der Waals surface area contributed by atoms with E-state index >= 15 is 0 Å². The molecule has 24 heavy (non-hydrogen) atoms. The Morgan fingerprint density at radius 3 is 2.33 bits per heavy atom. The third kappa shape index (κ3) is 4.13. The molecule has 1 amide bonds. The van der Waals surface area contributed by atoms with Gasteiger partial charge in [0.2, 0.25) is 5.91 Å². The first-order chi connectivity index (χ1) is 11.7. The Bertz CT molecular complexity index is 778. The van der Waals surface area contributed by atoms with Crippen molar-refractivity contribution in [2.24, 2.45) is 0 Å². The second-order valence-corrected chi connectivity index (χ2v) is 5.83. The maximum absolute atomic E-state index is 12.1. The van der Waals surface area contributed by atoms with Gasteiger partial charge in [0.05, 0.1) is 6.04 Å². The number of aryl methyl sites for hydroxylation is 1. The molecule has 0 aliphatic rings. The first-order valence-corrected chi connectivity index (χ1v) is 8.21. The summed E-state index contributed by atoms with van der Waals surface area (Å²) in [6, 6.07) is 23.8. The summed E-state index contributed by atoms with van der Waals surface area (Å²) in [7, 11) is 0. The van der Waals surface area contributed by atoms with Crippen LogP contribution in [0.5, 0.6) is 0 Å². The van der Waals surface area contributed by atoms with E-state index in [1.165, 1.54) is 0 Å². The van der Waals surface area contributed by atoms with Gasteiger partial charge < -0.3 is 9.73 Å². The third-order valence-electron chi connectivity index (χ3n) is 4.00. The lowest BCUT2D eigenvalue weighted by Crippen LogP contribution is -2.26. The van der Waals surface area contributed by atoms with Crippen LogP contribution in [-0.2, 0) is 11.2 Å². The topological polar surface area (TPSA) is 42.2 Å². The van der Waals surface area contributed by atoms with Crippen molar-refractivity contribution in [3.8, 4) is 11.3 Å². The van der Waals surface area contributed by atoms with Crippen LogP contribution in [0.1, 0.15) is 30.7 Å². The zero-order valence-electron chi connectivity index (χ0n) is 13.7. The summed E-state index contributed by atoms with van der Waals surface area (Å²) in [5.41, 5.74) is 2.15. The van der Waals surface area contributed by atoms with Gasteiger partial charge in [-0.15, -0.1) is 0 Å². The fraction of sp³-hybridized carbons (Fsp3) is 0.190. The smallest absolute Gasteiger partial charge is 0.220 e. The van der Waals surface area contributed by atoms with Crippen molar-refractivity contribution in [3.63, 3.8) is 0 Å². The lowest BCUT2D eigenvalue weighted by Gasteiger charge is -2.13. The molecule has 0 aliphatic heterocycles. The number of hydrogen-bond donors (Lipinski definition) is 1. The second kappa shape index (κ2) is 7.64. The molecule has 1 aromatic heterocycles. The van der Waals surface area contributed by atoms with Crippen LogP contribution in [-0.4, -0.2) is 5.91 Å². The molecule has 2 aromatic carbocycles. The lowest BCUT2D eigenvalue weighted by molar-refractivity contribution is -0.121. The molecular formula is C21H21NO2. The Labute approximate surface area is 142 Å². The molecular weight excluding hydrogens is 298 g/mol. The van der Waals surface area contributed by atoms with Gasteiger partial charge in [-0.3, -0.25) is 4.79 Å². The van der Waals surface area contributed by atoms with Crippen LogP contribution in [0.25, 0.3) is 11.3 Å². The van der Waals surface area contributed by atoms with E-state index < -0.39 is 0 Å². The summed E-state index contributed by atoms with van der Waals surface area (Å²) in [6.45, 7) is 1.99. The molecule has 3 rings (SSSR count). The van der Waals surface area contributed by atoms with Crippen LogP contribution in [0.15, 0.2) is 77.2 Å². The standard InChI is InChI=1S/C21H21NO2/c1-16(17-8-4-2-5-9-17)22-21(23)15-13-19-12-14-20(24-19)18-10-6-3-7-11-18/h2-12,14,16H,13,15H2,1H3,(H,22,23). The summed E-state index contributed by atoms with van der Waals surface area (Å²) >= 11 is 0. The van der Waals surface area contributed by atoms with Crippen molar-refractivity contribution in [2.45, 2.75) is 25.8 Å². The van der Waals surface area contributed by atoms with Crippen LogP contribution >= 0.6 is 0 Å². The van der Waals surface area contributed by atoms with Gasteiger partial charge >= 0.3 is 0 Å². The zero-order chi connectivity index (χ0) is 16.8. The molecule has 0 spiro atoms. The van der Waals surface area contributed by atoms with Crippen molar-refractivity contribution in [1.82, 2.24) is 5.32 Å². The van der Waals surface area contributed by atoms with Crippen LogP contribution in [0.2, 0.25) is 0 Å². The van der Waals surface area contributed by atoms with Gasteiger partial charge in [0.25, 0.3) is 0 Å². The Morgan fingerprint density at radius 1 is 0.958 bits per heavy atom. The minimum Gasteiger partial charge on any atom is -0.461 e. The number of rotatable bonds is 6. The van der Waals surface area contributed by atoms with Gasteiger partial charge in [0, 0.05) is 18.4 Å². The summed E-state index contributed by atoms with van der Waals surface area (Å²) < 4.78 is 5.83. The average molecular weight is 319 g/mol. The molecule has 0 fully saturated rings. The highest BCUT2D eigenvalue weighted by Gasteiger charge is 2.11. The molecule has 3 heteroatoms. The van der Waals surface area contributed by atoms with E-state index in [9.17, 15) is 4.79 Å². The summed E-state index contributed by atoms with van der Waals surface area (Å²) in [5, 5.41) is 3.02. The number of amides is 1. The highest BCUT2D eigenvalue weighted by atomic mass is 16.3. The highest BCUT2D eigenvalue weighted by Crippen LogP contribution is 2.22. The van der Waals surface area contributed by atoms with Gasteiger partial charge in [0.15, 0.2) is 0 Å². The molecule has 122 valence electrons. The number of hydrogen-bond acceptors (Lipinski definition) is 2. The third-order valence-corrected chi connectivity index (χ3v) is 4.00. The van der Waals surface area contributed by atoms with Gasteiger partial charge in [0.1, 0.15) is 11.5 Å². The molecule has 0 saturated heterocycles. The van der Waals surface area contributed by atoms with E-state index in [4.69, 9.17) is 4.42 Å². The van der Waals surface area contributed by atoms with Gasteiger partial charge in [-0.1, -0.05) is 60.7 Å². The fourth-order valence-corrected chi connectivity index (χ4v) is 2.65. The SMILES string of the molecule is CC(NC(=O)CCc1ccc(-c2ccccc2)o1)c1ccccc1. The predicted molar refractivity (Wildman–Crippen MR) is 95.5 cm³/mol. The van der Waals surface area contributed by atoms with Crippen LogP contribution < -0.4 is 5.32 Å². The quantitative estimate of drug-likeness (QED) is 0.712. The largest absolute Gasteiger partial charge is 0.461 e. The van der Waals surface area contributed by atoms with Gasteiger partial charge in [-0.2, -0.15) is 0 Å². The first-order valence-electron chi connectivity index (χ1n) is 8.21. The number of benzene rings is 2. The lowest BCUT2D eigenvalue weighted by atomic mass is 10.1. The average Bonchev–Trinajstić information content (AvgIpc) is 3.10. The van der Waals surface area contributed by atoms with E-state index in [-0.39, 0.29) is 11.9 Å². The second-order valence-electron chi connectivity index (χ2n) is 5.83. The molecule has 3 aromatic rings. The number of nitrogens with one attached hydrogen (secondary N) is 1. The molecule has 1 N–H and O–H groups in total. The van der Waals surface area contributed by atoms with E-state index in [2.05, 4.69) is 5.32 Å². The minimum atomic E-state index is 0.00943. The fourth-order valence-electron chi connectivity index (χ4n) is 2.65. The van der Waals surface area contributed by atoms with Crippen molar-refractivity contribution in [2.75, 3.05) is 0 Å². The van der Waals surface area contributed by atoms with Crippen LogP contribution in [0, 0.1) is 0 Å². The molecule has 1 heterocycles. The molecule has 0 bridgehead atoms. The maximum Gasteiger partial charge on any atom is 0.220 e. The monoisotopic (exact) mass is 319 g/mol. The Balaban J connectivity index is 1.53. The van der Waals surface area contributed by atoms with Gasteiger partial charge in [-0.05, 0) is 24.6 Å². The molecule has 1 unspecified atom stereocenters. The van der Waals surface area contributed by atoms with Gasteiger partial charge in [-0.25, -0.2) is 0 Å². The van der Waals surface area contributed by atoms with E-state index in [1.54, 1.807) is 0 Å². The normalized spacial score (nSPS) is 11.9. The summed E-state index contributed by atoms with van der Waals surface area (Å²) in [4.78, 5) is 12.1. The molecule has 0 saturated carbocycles. The van der Waals surface area contributed by atoms with Crippen LogP contribution in [0.3, 0.4) is 0 Å². The molecule has 0 aliphatic carbocycles. The minimum absolute atomic E-state index is 0.00943. The van der Waals surface area contributed by atoms with E-state index in [0.717, 1.165) is 22.6 Å². The summed E-state index contributed by atoms with van der Waals surface area (Å²) in [6.07, 6.45) is 1.01. The number of carbonyl (C=O) groups excluding carboxylic acids is 1. The maximum atomic E-state index is 12.1. The summed E-state index contributed by atoms with van der Waals surface area (Å²) in [5.74, 6) is 1.70. The molecule has 1 atom stereocenters. The number of furan rings is 1. The van der Waals surface area contributed by atoms with E-state index in [0.29, 0.717) is 12.8 Å². The van der Waals surface area contributed by atoms with Crippen molar-refractivity contribution in [1.29, 1.82) is 0 Å². The zero-order valence-corrected chi connectivity index (χ0v) is 13.7. The Kier molecular flexibility index (Phi) is 5.12. The van der Waals surface area contributed by atoms with Crippen molar-refractivity contribution >= 4 is 5.91 Å². The highest BCUT2D eigenvalue weighted by molar-refractivity contribution is 5.76. The number of carbonyl (C=O) groups is 1. The predicted octanol–water partition coefficient (Wildman–Crippen LogP) is 4.76. The Hall–Kier alpha value is -2.81.